The predicted octanol–water partition coefficient (Wildman–Crippen LogP) is 0.00510. The molecule has 24 heavy (non-hydrogen) atoms. The highest BCUT2D eigenvalue weighted by Gasteiger charge is 2.07. The van der Waals surface area contributed by atoms with Gasteiger partial charge in [0.05, 0.1) is 24.6 Å². The number of aromatic nitrogens is 7. The number of hydrogen-bond acceptors (Lipinski definition) is 6. The molecule has 0 aromatic carbocycles. The minimum absolute atomic E-state index is 0.163. The third-order valence-corrected chi connectivity index (χ3v) is 3.37. The summed E-state index contributed by atoms with van der Waals surface area (Å²) in [5.74, 6) is 0.468. The van der Waals surface area contributed by atoms with E-state index in [0.29, 0.717) is 24.5 Å². The quantitative estimate of drug-likeness (QED) is 0.467. The van der Waals surface area contributed by atoms with E-state index in [2.05, 4.69) is 27.0 Å². The average molecular weight is 325 g/mol. The highest BCUT2D eigenvalue weighted by molar-refractivity contribution is 5.18. The van der Waals surface area contributed by atoms with Gasteiger partial charge in [0.2, 0.25) is 0 Å². The molecule has 0 amide bonds. The number of aryl methyl sites for hydroxylation is 1. The Morgan fingerprint density at radius 1 is 1.00 bits per heavy atom. The Hall–Kier alpha value is -3.36. The van der Waals surface area contributed by atoms with E-state index >= 15 is 0 Å². The van der Waals surface area contributed by atoms with Crippen LogP contribution in [0.1, 0.15) is 12.1 Å². The monoisotopic (exact) mass is 325 g/mol. The van der Waals surface area contributed by atoms with Gasteiger partial charge in [0.1, 0.15) is 0 Å². The van der Waals surface area contributed by atoms with Crippen molar-refractivity contribution in [2.24, 2.45) is 0 Å². The Bertz CT molecular complexity index is 939. The maximum absolute atomic E-state index is 12.1. The van der Waals surface area contributed by atoms with E-state index in [9.17, 15) is 9.59 Å². The van der Waals surface area contributed by atoms with Crippen molar-refractivity contribution >= 4 is 0 Å². The zero-order chi connectivity index (χ0) is 16.9. The largest absolute Gasteiger partial charge is 0.316 e. The molecule has 9 heteroatoms. The molecule has 0 aliphatic heterocycles. The van der Waals surface area contributed by atoms with Crippen LogP contribution in [0.15, 0.2) is 59.2 Å². The van der Waals surface area contributed by atoms with E-state index < -0.39 is 11.1 Å². The molecule has 0 saturated heterocycles. The molecule has 3 aromatic heterocycles. The molecule has 0 spiro atoms. The van der Waals surface area contributed by atoms with Gasteiger partial charge in [-0.2, -0.15) is 15.3 Å². The highest BCUT2D eigenvalue weighted by atomic mass is 16.2. The number of allylic oxidation sites excluding steroid dienone is 1. The van der Waals surface area contributed by atoms with E-state index in [1.807, 2.05) is 0 Å². The summed E-state index contributed by atoms with van der Waals surface area (Å²) in [4.78, 5) is 25.5. The molecule has 0 unspecified atom stereocenters. The van der Waals surface area contributed by atoms with Crippen LogP contribution in [0.5, 0.6) is 0 Å². The summed E-state index contributed by atoms with van der Waals surface area (Å²) in [6, 6.07) is 3.40. The van der Waals surface area contributed by atoms with Crippen LogP contribution < -0.4 is 11.1 Å². The highest BCUT2D eigenvalue weighted by Crippen LogP contribution is 2.01. The second kappa shape index (κ2) is 6.82. The molecule has 0 fully saturated rings. The Kier molecular flexibility index (Phi) is 4.41. The lowest BCUT2D eigenvalue weighted by molar-refractivity contribution is 0.620. The van der Waals surface area contributed by atoms with Gasteiger partial charge in [-0.15, -0.1) is 16.5 Å². The SMILES string of the molecule is C=CCCn1ccn(Cc2ccc(-n3nccn3)nn2)c(=O)c1=O. The van der Waals surface area contributed by atoms with Gasteiger partial charge < -0.3 is 9.13 Å². The smallest absolute Gasteiger partial charge is 0.309 e. The molecule has 0 N–H and O–H groups in total. The van der Waals surface area contributed by atoms with Gasteiger partial charge in [0, 0.05) is 18.9 Å². The summed E-state index contributed by atoms with van der Waals surface area (Å²) < 4.78 is 2.68. The number of hydrogen-bond donors (Lipinski definition) is 0. The first-order valence-corrected chi connectivity index (χ1v) is 7.29. The predicted molar refractivity (Wildman–Crippen MR) is 85.8 cm³/mol. The first kappa shape index (κ1) is 15.5. The second-order valence-corrected chi connectivity index (χ2v) is 5.01. The molecule has 122 valence electrons. The molecule has 0 saturated carbocycles. The third kappa shape index (κ3) is 3.19. The lowest BCUT2D eigenvalue weighted by Gasteiger charge is -2.07. The summed E-state index contributed by atoms with van der Waals surface area (Å²) in [5, 5.41) is 16.0. The minimum atomic E-state index is -0.596. The van der Waals surface area contributed by atoms with Crippen LogP contribution in [0.25, 0.3) is 5.82 Å². The van der Waals surface area contributed by atoms with Gasteiger partial charge >= 0.3 is 11.1 Å². The van der Waals surface area contributed by atoms with Gasteiger partial charge in [-0.25, -0.2) is 0 Å². The lowest BCUT2D eigenvalue weighted by Crippen LogP contribution is -2.40. The Morgan fingerprint density at radius 2 is 1.71 bits per heavy atom. The molecule has 3 aromatic rings. The standard InChI is InChI=1S/C15H15N7O2/c1-2-3-8-20-9-10-21(15(24)14(20)23)11-12-4-5-13(19-18-12)22-16-6-7-17-22/h2,4-7,9-10H,1,3,8,11H2. The Morgan fingerprint density at radius 3 is 2.38 bits per heavy atom. The molecule has 0 aliphatic carbocycles. The molecule has 3 heterocycles. The fraction of sp³-hybridized carbons (Fsp3) is 0.200. The van der Waals surface area contributed by atoms with E-state index in [4.69, 9.17) is 0 Å². The van der Waals surface area contributed by atoms with E-state index in [0.717, 1.165) is 0 Å². The molecule has 3 rings (SSSR count). The Labute approximate surface area is 136 Å². The van der Waals surface area contributed by atoms with Crippen molar-refractivity contribution in [1.82, 2.24) is 34.3 Å². The zero-order valence-corrected chi connectivity index (χ0v) is 12.8. The van der Waals surface area contributed by atoms with Crippen molar-refractivity contribution in [2.75, 3.05) is 0 Å². The first-order valence-electron chi connectivity index (χ1n) is 7.29. The number of rotatable bonds is 6. The molecular formula is C15H15N7O2. The van der Waals surface area contributed by atoms with Crippen molar-refractivity contribution in [3.8, 4) is 5.82 Å². The van der Waals surface area contributed by atoms with E-state index in [1.54, 1.807) is 30.6 Å². The van der Waals surface area contributed by atoms with Crippen LogP contribution >= 0.6 is 0 Å². The summed E-state index contributed by atoms with van der Waals surface area (Å²) in [6.45, 7) is 4.20. The molecule has 0 aliphatic rings. The third-order valence-electron chi connectivity index (χ3n) is 3.37. The molecule has 0 atom stereocenters. The number of nitrogens with zero attached hydrogens (tertiary/aromatic N) is 7. The summed E-state index contributed by atoms with van der Waals surface area (Å²) in [6.07, 6.45) is 8.55. The van der Waals surface area contributed by atoms with Crippen LogP contribution in [0.3, 0.4) is 0 Å². The zero-order valence-electron chi connectivity index (χ0n) is 12.8. The van der Waals surface area contributed by atoms with Crippen molar-refractivity contribution in [2.45, 2.75) is 19.5 Å². The normalized spacial score (nSPS) is 10.7. The van der Waals surface area contributed by atoms with Crippen LogP contribution in [-0.2, 0) is 13.1 Å². The van der Waals surface area contributed by atoms with Crippen molar-refractivity contribution < 1.29 is 0 Å². The minimum Gasteiger partial charge on any atom is -0.309 e. The summed E-state index contributed by atoms with van der Waals surface area (Å²) >= 11 is 0. The van der Waals surface area contributed by atoms with Crippen molar-refractivity contribution in [1.29, 1.82) is 0 Å². The van der Waals surface area contributed by atoms with E-state index in [1.165, 1.54) is 26.3 Å². The van der Waals surface area contributed by atoms with E-state index in [-0.39, 0.29) is 6.54 Å². The van der Waals surface area contributed by atoms with Crippen molar-refractivity contribution in [3.63, 3.8) is 0 Å². The van der Waals surface area contributed by atoms with Gasteiger partial charge in [-0.05, 0) is 18.6 Å². The molecule has 9 nitrogen and oxygen atoms in total. The van der Waals surface area contributed by atoms with Gasteiger partial charge in [-0.3, -0.25) is 9.59 Å². The maximum atomic E-state index is 12.1. The lowest BCUT2D eigenvalue weighted by atomic mass is 10.3. The molecular weight excluding hydrogens is 310 g/mol. The molecule has 0 radical (unpaired) electrons. The van der Waals surface area contributed by atoms with Gasteiger partial charge in [0.15, 0.2) is 5.82 Å². The van der Waals surface area contributed by atoms with Crippen LogP contribution in [0, 0.1) is 0 Å². The first-order chi connectivity index (χ1) is 11.7. The molecule has 0 bridgehead atoms. The fourth-order valence-corrected chi connectivity index (χ4v) is 2.13. The van der Waals surface area contributed by atoms with Gasteiger partial charge in [-0.1, -0.05) is 6.08 Å². The summed E-state index contributed by atoms with van der Waals surface area (Å²) in [5.41, 5.74) is -0.609. The van der Waals surface area contributed by atoms with Gasteiger partial charge in [0.25, 0.3) is 0 Å². The van der Waals surface area contributed by atoms with Crippen LogP contribution in [0.2, 0.25) is 0 Å². The second-order valence-electron chi connectivity index (χ2n) is 5.01. The average Bonchev–Trinajstić information content (AvgIpc) is 3.14. The summed E-state index contributed by atoms with van der Waals surface area (Å²) in [7, 11) is 0. The van der Waals surface area contributed by atoms with Crippen LogP contribution in [0.4, 0.5) is 0 Å². The van der Waals surface area contributed by atoms with Crippen molar-refractivity contribution in [3.05, 3.63) is 76.0 Å². The topological polar surface area (TPSA) is 100 Å². The fourth-order valence-electron chi connectivity index (χ4n) is 2.13. The Balaban J connectivity index is 1.81. The van der Waals surface area contributed by atoms with Crippen LogP contribution in [-0.4, -0.2) is 34.3 Å². The maximum Gasteiger partial charge on any atom is 0.316 e.